The molecule has 4 aromatic rings. The lowest BCUT2D eigenvalue weighted by molar-refractivity contribution is -0.140. The number of urea groups is 1. The maximum atomic E-state index is 13.3. The molecule has 1 fully saturated rings. The van der Waals surface area contributed by atoms with Gasteiger partial charge in [0.15, 0.2) is 5.69 Å². The van der Waals surface area contributed by atoms with Crippen molar-refractivity contribution < 1.29 is 27.2 Å². The van der Waals surface area contributed by atoms with Gasteiger partial charge in [-0.05, 0) is 31.9 Å². The van der Waals surface area contributed by atoms with Crippen LogP contribution in [0.25, 0.3) is 33.2 Å². The first-order valence-corrected chi connectivity index (χ1v) is 12.9. The van der Waals surface area contributed by atoms with Gasteiger partial charge in [0.05, 0.1) is 5.56 Å². The number of amides is 3. The van der Waals surface area contributed by atoms with Crippen LogP contribution in [0.3, 0.4) is 0 Å². The summed E-state index contributed by atoms with van der Waals surface area (Å²) in [5.41, 5.74) is 0.158. The van der Waals surface area contributed by atoms with Gasteiger partial charge in [-0.15, -0.1) is 21.1 Å². The highest BCUT2D eigenvalue weighted by Crippen LogP contribution is 2.38. The first-order chi connectivity index (χ1) is 19.1. The van der Waals surface area contributed by atoms with Crippen LogP contribution in [-0.4, -0.2) is 61.3 Å². The second-order valence-electron chi connectivity index (χ2n) is 8.66. The number of carbonyl (C=O) groups excluding carboxylic acids is 2. The Morgan fingerprint density at radius 3 is 2.55 bits per heavy atom. The minimum absolute atomic E-state index is 0.0288. The molecule has 5 rings (SSSR count). The van der Waals surface area contributed by atoms with E-state index in [1.165, 1.54) is 29.6 Å². The topological polar surface area (TPSA) is 148 Å². The van der Waals surface area contributed by atoms with E-state index < -0.39 is 29.7 Å². The largest absolute Gasteiger partial charge is 0.446 e. The molecular weight excluding hydrogens is 553 g/mol. The summed E-state index contributed by atoms with van der Waals surface area (Å²) in [4.78, 5) is 50.7. The summed E-state index contributed by atoms with van der Waals surface area (Å²) < 4.78 is 45.7. The number of hydrogen-bond acceptors (Lipinski definition) is 9. The monoisotopic (exact) mass is 574 g/mol. The summed E-state index contributed by atoms with van der Waals surface area (Å²) in [6, 6.07) is 1.81. The predicted octanol–water partition coefficient (Wildman–Crippen LogP) is 4.31. The molecule has 5 heterocycles. The Bertz CT molecular complexity index is 1620. The second kappa shape index (κ2) is 10.9. The molecule has 2 N–H and O–H groups in total. The van der Waals surface area contributed by atoms with Crippen LogP contribution in [-0.2, 0) is 6.18 Å². The van der Waals surface area contributed by atoms with E-state index >= 15 is 0 Å². The third-order valence-electron chi connectivity index (χ3n) is 5.91. The summed E-state index contributed by atoms with van der Waals surface area (Å²) in [6.07, 6.45) is 1.17. The fraction of sp³-hybridized carbons (Fsp3) is 0.292. The van der Waals surface area contributed by atoms with E-state index in [0.717, 1.165) is 29.6 Å². The van der Waals surface area contributed by atoms with Crippen LogP contribution in [0.1, 0.15) is 25.5 Å². The molecule has 0 saturated carbocycles. The highest BCUT2D eigenvalue weighted by atomic mass is 32.1. The minimum Gasteiger partial charge on any atom is -0.387 e. The maximum Gasteiger partial charge on any atom is 0.446 e. The number of nitrogens with zero attached hydrogens (tertiary/aromatic N) is 6. The average Bonchev–Trinajstić information content (AvgIpc) is 3.69. The summed E-state index contributed by atoms with van der Waals surface area (Å²) in [7, 11) is 0. The molecule has 0 atom stereocenters. The molecule has 0 radical (unpaired) electrons. The van der Waals surface area contributed by atoms with Crippen molar-refractivity contribution in [3.63, 3.8) is 0 Å². The maximum absolute atomic E-state index is 13.3. The lowest BCUT2D eigenvalue weighted by Crippen LogP contribution is -2.37. The first-order valence-electron chi connectivity index (χ1n) is 12.1. The van der Waals surface area contributed by atoms with Crippen LogP contribution in [0.5, 0.6) is 0 Å². The van der Waals surface area contributed by atoms with Crippen LogP contribution < -0.4 is 16.4 Å². The lowest BCUT2D eigenvalue weighted by atomic mass is 10.0. The van der Waals surface area contributed by atoms with Crippen molar-refractivity contribution in [2.75, 3.05) is 25.0 Å². The summed E-state index contributed by atoms with van der Waals surface area (Å²) in [5, 5.41) is 10.0. The highest BCUT2D eigenvalue weighted by Gasteiger charge is 2.34. The normalized spacial score (nSPS) is 13.4. The van der Waals surface area contributed by atoms with E-state index in [-0.39, 0.29) is 27.8 Å². The van der Waals surface area contributed by atoms with Gasteiger partial charge in [0, 0.05) is 60.3 Å². The van der Waals surface area contributed by atoms with E-state index in [4.69, 9.17) is 4.42 Å². The van der Waals surface area contributed by atoms with Gasteiger partial charge in [0.2, 0.25) is 0 Å². The van der Waals surface area contributed by atoms with Crippen molar-refractivity contribution in [3.8, 4) is 33.2 Å². The van der Waals surface area contributed by atoms with Gasteiger partial charge in [-0.25, -0.2) is 24.4 Å². The van der Waals surface area contributed by atoms with Gasteiger partial charge in [0.25, 0.3) is 5.89 Å². The number of aromatic nitrogens is 5. The van der Waals surface area contributed by atoms with Crippen LogP contribution in [0, 0.1) is 0 Å². The number of hydrogen-bond donors (Lipinski definition) is 2. The molecule has 1 saturated heterocycles. The Hall–Kier alpha value is -4.60. The van der Waals surface area contributed by atoms with Crippen molar-refractivity contribution in [1.82, 2.24) is 34.9 Å². The Balaban J connectivity index is 1.54. The summed E-state index contributed by atoms with van der Waals surface area (Å²) in [6.45, 7) is 3.10. The van der Waals surface area contributed by atoms with Crippen molar-refractivity contribution in [2.24, 2.45) is 0 Å². The zero-order chi connectivity index (χ0) is 28.4. The number of nitrogens with one attached hydrogen (secondary N) is 2. The van der Waals surface area contributed by atoms with E-state index in [0.29, 0.717) is 35.4 Å². The fourth-order valence-electron chi connectivity index (χ4n) is 4.04. The Kier molecular flexibility index (Phi) is 7.34. The number of thiazole rings is 1. The van der Waals surface area contributed by atoms with Gasteiger partial charge in [-0.3, -0.25) is 10.3 Å². The molecule has 0 aliphatic carbocycles. The molecule has 4 aromatic heterocycles. The molecule has 0 spiro atoms. The number of halogens is 3. The number of anilines is 1. The Morgan fingerprint density at radius 2 is 1.85 bits per heavy atom. The molecule has 0 unspecified atom stereocenters. The zero-order valence-corrected chi connectivity index (χ0v) is 21.7. The van der Waals surface area contributed by atoms with E-state index in [2.05, 4.69) is 30.7 Å². The number of likely N-dealkylation sites (tertiary alicyclic amines) is 1. The van der Waals surface area contributed by atoms with Gasteiger partial charge in [-0.1, -0.05) is 0 Å². The number of pyridine rings is 2. The third-order valence-corrected chi connectivity index (χ3v) is 6.79. The van der Waals surface area contributed by atoms with Gasteiger partial charge >= 0.3 is 24.0 Å². The average molecular weight is 575 g/mol. The lowest BCUT2D eigenvalue weighted by Gasteiger charge is -2.12. The second-order valence-corrected chi connectivity index (χ2v) is 9.52. The van der Waals surface area contributed by atoms with Crippen LogP contribution >= 0.6 is 11.3 Å². The van der Waals surface area contributed by atoms with Gasteiger partial charge in [0.1, 0.15) is 10.8 Å². The molecule has 1 aliphatic rings. The van der Waals surface area contributed by atoms with E-state index in [9.17, 15) is 27.6 Å². The number of carbonyl (C=O) groups is 2. The number of rotatable bonds is 5. The first kappa shape index (κ1) is 27.0. The quantitative estimate of drug-likeness (QED) is 0.358. The summed E-state index contributed by atoms with van der Waals surface area (Å²) in [5.74, 6) is -1.03. The Morgan fingerprint density at radius 1 is 1.10 bits per heavy atom. The summed E-state index contributed by atoms with van der Waals surface area (Å²) >= 11 is 0.772. The van der Waals surface area contributed by atoms with Gasteiger partial charge in [-0.2, -0.15) is 13.2 Å². The molecule has 3 amide bonds. The van der Waals surface area contributed by atoms with Crippen LogP contribution in [0.15, 0.2) is 45.3 Å². The smallest absolute Gasteiger partial charge is 0.387 e. The van der Waals surface area contributed by atoms with Crippen molar-refractivity contribution in [2.45, 2.75) is 25.9 Å². The molecule has 40 heavy (non-hydrogen) atoms. The predicted molar refractivity (Wildman–Crippen MR) is 138 cm³/mol. The van der Waals surface area contributed by atoms with Crippen LogP contribution in [0.4, 0.5) is 28.6 Å². The fourth-order valence-corrected chi connectivity index (χ4v) is 4.90. The molecular formula is C24H21F3N8O4S. The van der Waals surface area contributed by atoms with Crippen molar-refractivity contribution in [1.29, 1.82) is 0 Å². The standard InChI is InChI=1S/C24H21F3N8O4S/c1-2-29-21(36)32-18-8-15(20-31-17(12-40-20)24(25,26)27)16(11-30-18)13-7-14(10-28-9-13)19-33-35(23(38)39-19)22(37)34-5-3-4-6-34/h7-12H,2-6H2,1H3,(H2,29,30,32,36). The molecule has 0 bridgehead atoms. The zero-order valence-electron chi connectivity index (χ0n) is 20.9. The highest BCUT2D eigenvalue weighted by molar-refractivity contribution is 7.13. The number of alkyl halides is 3. The molecule has 208 valence electrons. The molecule has 1 aliphatic heterocycles. The van der Waals surface area contributed by atoms with Crippen LogP contribution in [0.2, 0.25) is 0 Å². The molecule has 12 nitrogen and oxygen atoms in total. The van der Waals surface area contributed by atoms with E-state index in [1.807, 2.05) is 0 Å². The van der Waals surface area contributed by atoms with Gasteiger partial charge < -0.3 is 14.6 Å². The van der Waals surface area contributed by atoms with Crippen molar-refractivity contribution in [3.05, 3.63) is 52.3 Å². The molecule has 0 aromatic carbocycles. The third kappa shape index (κ3) is 5.56. The Labute approximate surface area is 227 Å². The molecule has 16 heteroatoms. The minimum atomic E-state index is -4.64. The van der Waals surface area contributed by atoms with E-state index in [1.54, 1.807) is 13.0 Å². The van der Waals surface area contributed by atoms with Crippen molar-refractivity contribution >= 4 is 29.2 Å². The SMILES string of the molecule is CCNC(=O)Nc1cc(-c2nc(C(F)(F)F)cs2)c(-c2cncc(-c3nn(C(=O)N4CCCC4)c(=O)o3)c2)cn1.